The lowest BCUT2D eigenvalue weighted by Crippen LogP contribution is -2.24. The molecule has 37 heavy (non-hydrogen) atoms. The first-order chi connectivity index (χ1) is 17.2. The number of rotatable bonds is 4. The van der Waals surface area contributed by atoms with E-state index in [1.807, 2.05) is 90.1 Å². The molecule has 0 saturated heterocycles. The average Bonchev–Trinajstić information content (AvgIpc) is 3.11. The molecule has 0 aromatic heterocycles. The van der Waals surface area contributed by atoms with Gasteiger partial charge in [-0.15, -0.1) is 0 Å². The van der Waals surface area contributed by atoms with Gasteiger partial charge in [-0.05, 0) is 76.9 Å². The lowest BCUT2D eigenvalue weighted by atomic mass is 9.95. The van der Waals surface area contributed by atoms with E-state index in [4.69, 9.17) is 9.47 Å². The maximum Gasteiger partial charge on any atom is 0.338 e. The molecule has 4 rings (SSSR count). The zero-order chi connectivity index (χ0) is 27.1. The van der Waals surface area contributed by atoms with Gasteiger partial charge in [-0.25, -0.2) is 9.59 Å². The summed E-state index contributed by atoms with van der Waals surface area (Å²) in [5, 5.41) is 0. The van der Waals surface area contributed by atoms with Gasteiger partial charge in [0, 0.05) is 25.2 Å². The van der Waals surface area contributed by atoms with E-state index in [0.717, 1.165) is 40.3 Å². The van der Waals surface area contributed by atoms with Crippen LogP contribution in [0.15, 0.2) is 60.7 Å². The van der Waals surface area contributed by atoms with Crippen molar-refractivity contribution in [1.82, 2.24) is 0 Å². The second kappa shape index (κ2) is 9.58. The highest BCUT2D eigenvalue weighted by molar-refractivity contribution is 6.00. The first-order valence-corrected chi connectivity index (χ1v) is 12.5. The highest BCUT2D eigenvalue weighted by atomic mass is 16.6. The molecular formula is C31H36N2O4. The molecular weight excluding hydrogens is 464 g/mol. The zero-order valence-corrected chi connectivity index (χ0v) is 23.0. The first-order valence-electron chi connectivity index (χ1n) is 12.5. The summed E-state index contributed by atoms with van der Waals surface area (Å²) in [6.45, 7) is 11.9. The Morgan fingerprint density at radius 1 is 0.595 bits per heavy atom. The lowest BCUT2D eigenvalue weighted by molar-refractivity contribution is 0.00570. The summed E-state index contributed by atoms with van der Waals surface area (Å²) in [5.74, 6) is -0.655. The molecule has 3 aromatic carbocycles. The van der Waals surface area contributed by atoms with E-state index >= 15 is 0 Å². The largest absolute Gasteiger partial charge is 0.456 e. The Labute approximate surface area is 219 Å². The summed E-state index contributed by atoms with van der Waals surface area (Å²) in [7, 11) is 4.16. The zero-order valence-electron chi connectivity index (χ0n) is 23.0. The van der Waals surface area contributed by atoms with Gasteiger partial charge in [0.25, 0.3) is 0 Å². The molecule has 0 atom stereocenters. The fourth-order valence-corrected chi connectivity index (χ4v) is 4.52. The average molecular weight is 501 g/mol. The standard InChI is InChI=1S/C31H36N2O4/c1-30(2,3)36-28(34)22-13-9-20(10-14-22)24-17-18-25(27-26(24)32(7)19-33(27)8)21-11-15-23(16-12-21)29(35)37-31(4,5)6/h9-18H,19H2,1-8H3. The summed E-state index contributed by atoms with van der Waals surface area (Å²) < 4.78 is 11.0. The Morgan fingerprint density at radius 3 is 1.22 bits per heavy atom. The Kier molecular flexibility index (Phi) is 6.80. The first kappa shape index (κ1) is 26.3. The number of hydrogen-bond donors (Lipinski definition) is 0. The highest BCUT2D eigenvalue weighted by Crippen LogP contribution is 2.48. The van der Waals surface area contributed by atoms with Gasteiger partial charge < -0.3 is 19.3 Å². The summed E-state index contributed by atoms with van der Waals surface area (Å²) >= 11 is 0. The Balaban J connectivity index is 1.68. The van der Waals surface area contributed by atoms with Gasteiger partial charge in [-0.2, -0.15) is 0 Å². The number of carbonyl (C=O) groups excluding carboxylic acids is 2. The smallest absolute Gasteiger partial charge is 0.338 e. The molecule has 0 saturated carbocycles. The van der Waals surface area contributed by atoms with Gasteiger partial charge in [0.15, 0.2) is 0 Å². The number of fused-ring (bicyclic) bond motifs is 1. The second-order valence-corrected chi connectivity index (χ2v) is 11.6. The molecule has 3 aromatic rings. The van der Waals surface area contributed by atoms with Gasteiger partial charge in [0.05, 0.1) is 29.2 Å². The predicted molar refractivity (Wildman–Crippen MR) is 149 cm³/mol. The lowest BCUT2D eigenvalue weighted by Gasteiger charge is -2.20. The quantitative estimate of drug-likeness (QED) is 0.368. The van der Waals surface area contributed by atoms with Crippen molar-refractivity contribution < 1.29 is 19.1 Å². The van der Waals surface area contributed by atoms with E-state index in [-0.39, 0.29) is 11.9 Å². The third kappa shape index (κ3) is 5.79. The molecule has 0 aliphatic carbocycles. The third-order valence-corrected chi connectivity index (χ3v) is 6.00. The van der Waals surface area contributed by atoms with E-state index < -0.39 is 11.2 Å². The van der Waals surface area contributed by atoms with Gasteiger partial charge >= 0.3 is 11.9 Å². The summed E-state index contributed by atoms with van der Waals surface area (Å²) in [4.78, 5) is 29.4. The molecule has 194 valence electrons. The minimum absolute atomic E-state index is 0.327. The van der Waals surface area contributed by atoms with E-state index in [0.29, 0.717) is 11.1 Å². The second-order valence-electron chi connectivity index (χ2n) is 11.6. The molecule has 1 aliphatic heterocycles. The van der Waals surface area contributed by atoms with Crippen molar-refractivity contribution in [2.24, 2.45) is 0 Å². The van der Waals surface area contributed by atoms with Crippen LogP contribution >= 0.6 is 0 Å². The summed E-state index contributed by atoms with van der Waals surface area (Å²) in [5.41, 5.74) is 6.47. The van der Waals surface area contributed by atoms with Crippen LogP contribution in [0.5, 0.6) is 0 Å². The minimum Gasteiger partial charge on any atom is -0.456 e. The maximum absolute atomic E-state index is 12.5. The molecule has 0 fully saturated rings. The van der Waals surface area contributed by atoms with Gasteiger partial charge in [-0.1, -0.05) is 36.4 Å². The maximum atomic E-state index is 12.5. The van der Waals surface area contributed by atoms with Crippen molar-refractivity contribution in [3.63, 3.8) is 0 Å². The van der Waals surface area contributed by atoms with Gasteiger partial charge in [0.2, 0.25) is 0 Å². The molecule has 1 aliphatic rings. The normalized spacial score (nSPS) is 13.4. The van der Waals surface area contributed by atoms with Crippen molar-refractivity contribution in [1.29, 1.82) is 0 Å². The number of nitrogens with zero attached hydrogens (tertiary/aromatic N) is 2. The van der Waals surface area contributed by atoms with Crippen LogP contribution in [0.25, 0.3) is 22.3 Å². The van der Waals surface area contributed by atoms with Gasteiger partial charge in [0.1, 0.15) is 11.2 Å². The van der Waals surface area contributed by atoms with Crippen LogP contribution in [-0.2, 0) is 9.47 Å². The fraction of sp³-hybridized carbons (Fsp3) is 0.355. The van der Waals surface area contributed by atoms with E-state index in [9.17, 15) is 9.59 Å². The van der Waals surface area contributed by atoms with Crippen LogP contribution < -0.4 is 9.80 Å². The monoisotopic (exact) mass is 500 g/mol. The van der Waals surface area contributed by atoms with Crippen molar-refractivity contribution in [3.05, 3.63) is 71.8 Å². The van der Waals surface area contributed by atoms with Crippen molar-refractivity contribution in [3.8, 4) is 22.3 Å². The SMILES string of the molecule is CN1CN(C)c2c(-c3ccc(C(=O)OC(C)(C)C)cc3)ccc(-c3ccc(C(=O)OC(C)(C)C)cc3)c21. The number of carbonyl (C=O) groups is 2. The van der Waals surface area contributed by atoms with Crippen LogP contribution in [0.1, 0.15) is 62.3 Å². The Morgan fingerprint density at radius 2 is 0.919 bits per heavy atom. The third-order valence-electron chi connectivity index (χ3n) is 6.00. The number of hydrogen-bond acceptors (Lipinski definition) is 6. The minimum atomic E-state index is -0.537. The van der Waals surface area contributed by atoms with Crippen LogP contribution in [0.2, 0.25) is 0 Å². The van der Waals surface area contributed by atoms with E-state index in [1.165, 1.54) is 0 Å². The Hall–Kier alpha value is -3.80. The van der Waals surface area contributed by atoms with Crippen molar-refractivity contribution >= 4 is 23.3 Å². The molecule has 6 heteroatoms. The molecule has 0 radical (unpaired) electrons. The van der Waals surface area contributed by atoms with E-state index in [1.54, 1.807) is 0 Å². The molecule has 0 bridgehead atoms. The van der Waals surface area contributed by atoms with E-state index in [2.05, 4.69) is 36.0 Å². The summed E-state index contributed by atoms with van der Waals surface area (Å²) in [6.07, 6.45) is 0. The molecule has 1 heterocycles. The number of anilines is 2. The number of benzene rings is 3. The van der Waals surface area contributed by atoms with Crippen molar-refractivity contribution in [2.75, 3.05) is 30.6 Å². The molecule has 0 spiro atoms. The number of esters is 2. The molecule has 0 unspecified atom stereocenters. The number of ether oxygens (including phenoxy) is 2. The predicted octanol–water partition coefficient (Wildman–Crippen LogP) is 6.77. The highest BCUT2D eigenvalue weighted by Gasteiger charge is 2.28. The van der Waals surface area contributed by atoms with Gasteiger partial charge in [-0.3, -0.25) is 0 Å². The summed E-state index contributed by atoms with van der Waals surface area (Å²) in [6, 6.07) is 19.4. The van der Waals surface area contributed by atoms with Crippen LogP contribution in [0.4, 0.5) is 11.4 Å². The fourth-order valence-electron chi connectivity index (χ4n) is 4.52. The molecule has 0 N–H and O–H groups in total. The molecule has 6 nitrogen and oxygen atoms in total. The Bertz CT molecular complexity index is 1210. The molecule has 0 amide bonds. The van der Waals surface area contributed by atoms with Crippen LogP contribution in [0, 0.1) is 0 Å². The topological polar surface area (TPSA) is 59.1 Å². The van der Waals surface area contributed by atoms with Crippen LogP contribution in [0.3, 0.4) is 0 Å². The van der Waals surface area contributed by atoms with Crippen LogP contribution in [-0.4, -0.2) is 43.9 Å². The van der Waals surface area contributed by atoms with Crippen molar-refractivity contribution in [2.45, 2.75) is 52.7 Å².